The van der Waals surface area contributed by atoms with Crippen LogP contribution in [0.4, 0.5) is 0 Å². The van der Waals surface area contributed by atoms with Gasteiger partial charge in [-0.1, -0.05) is 36.4 Å². The van der Waals surface area contributed by atoms with Crippen molar-refractivity contribution in [3.63, 3.8) is 0 Å². The Morgan fingerprint density at radius 2 is 1.67 bits per heavy atom. The molecule has 36 heavy (non-hydrogen) atoms. The average Bonchev–Trinajstić information content (AvgIpc) is 3.42. The molecule has 0 radical (unpaired) electrons. The van der Waals surface area contributed by atoms with Crippen molar-refractivity contribution in [3.05, 3.63) is 83.4 Å². The molecule has 0 bridgehead atoms. The fourth-order valence-corrected chi connectivity index (χ4v) is 4.99. The Morgan fingerprint density at radius 3 is 2.42 bits per heavy atom. The average molecular weight is 481 g/mol. The Balaban J connectivity index is 1.35. The van der Waals surface area contributed by atoms with Crippen LogP contribution in [0.3, 0.4) is 0 Å². The number of methoxy groups -OCH3 is 1. The number of hydrogen-bond acceptors (Lipinski definition) is 5. The first-order valence-corrected chi connectivity index (χ1v) is 11.9. The van der Waals surface area contributed by atoms with E-state index in [-0.39, 0.29) is 37.1 Å². The Labute approximate surface area is 207 Å². The molecule has 0 spiro atoms. The molecule has 3 heterocycles. The lowest BCUT2D eigenvalue weighted by Gasteiger charge is -2.32. The first-order valence-electron chi connectivity index (χ1n) is 11.9. The van der Waals surface area contributed by atoms with Crippen LogP contribution in [0.2, 0.25) is 0 Å². The van der Waals surface area contributed by atoms with E-state index in [1.54, 1.807) is 13.2 Å². The molecule has 1 fully saturated rings. The van der Waals surface area contributed by atoms with Crippen LogP contribution in [-0.4, -0.2) is 44.6 Å². The summed E-state index contributed by atoms with van der Waals surface area (Å²) in [5.74, 6) is -0.165. The monoisotopic (exact) mass is 480 g/mol. The molecule has 2 aliphatic rings. The van der Waals surface area contributed by atoms with Crippen LogP contribution in [-0.2, 0) is 22.7 Å². The molecule has 3 aromatic carbocycles. The summed E-state index contributed by atoms with van der Waals surface area (Å²) in [4.78, 5) is 37.9. The van der Waals surface area contributed by atoms with E-state index in [1.807, 2.05) is 65.3 Å². The minimum Gasteiger partial charge on any atom is -0.497 e. The van der Waals surface area contributed by atoms with Crippen molar-refractivity contribution in [1.29, 1.82) is 0 Å². The molecular formula is C28H24N4O4. The molecule has 6 rings (SSSR count). The maximum atomic E-state index is 13.1. The summed E-state index contributed by atoms with van der Waals surface area (Å²) in [5, 5.41) is 8.26. The zero-order chi connectivity index (χ0) is 24.8. The highest BCUT2D eigenvalue weighted by molar-refractivity contribution is 6.05. The van der Waals surface area contributed by atoms with Gasteiger partial charge < -0.3 is 4.74 Å². The third-order valence-electron chi connectivity index (χ3n) is 6.81. The molecule has 180 valence electrons. The van der Waals surface area contributed by atoms with Crippen LogP contribution < -0.4 is 4.74 Å². The molecule has 4 aromatic rings. The van der Waals surface area contributed by atoms with Crippen LogP contribution in [0.25, 0.3) is 22.2 Å². The van der Waals surface area contributed by atoms with E-state index in [0.29, 0.717) is 18.5 Å². The molecule has 3 amide bonds. The number of carbonyl (C=O) groups excluding carboxylic acids is 3. The molecule has 2 aliphatic heterocycles. The highest BCUT2D eigenvalue weighted by Crippen LogP contribution is 2.34. The van der Waals surface area contributed by atoms with Gasteiger partial charge in [0.05, 0.1) is 25.7 Å². The summed E-state index contributed by atoms with van der Waals surface area (Å²) in [7, 11) is 1.65. The number of imide groups is 1. The van der Waals surface area contributed by atoms with Gasteiger partial charge in [0.1, 0.15) is 11.4 Å². The van der Waals surface area contributed by atoms with Gasteiger partial charge >= 0.3 is 0 Å². The Bertz CT molecular complexity index is 1510. The highest BCUT2D eigenvalue weighted by Gasteiger charge is 2.39. The number of benzene rings is 3. The molecule has 0 unspecified atom stereocenters. The Hall–Kier alpha value is -4.46. The summed E-state index contributed by atoms with van der Waals surface area (Å²) in [6, 6.07) is 21.6. The lowest BCUT2D eigenvalue weighted by Crippen LogP contribution is -2.51. The van der Waals surface area contributed by atoms with Gasteiger partial charge in [-0.05, 0) is 47.9 Å². The van der Waals surface area contributed by atoms with Crippen molar-refractivity contribution in [2.45, 2.75) is 32.4 Å². The predicted molar refractivity (Wildman–Crippen MR) is 133 cm³/mol. The van der Waals surface area contributed by atoms with Gasteiger partial charge in [-0.2, -0.15) is 10.1 Å². The molecule has 0 atom stereocenters. The smallest absolute Gasteiger partial charge is 0.273 e. The van der Waals surface area contributed by atoms with Crippen molar-refractivity contribution in [3.8, 4) is 17.0 Å². The first-order chi connectivity index (χ1) is 17.5. The number of carbonyl (C=O) groups is 3. The normalized spacial score (nSPS) is 15.6. The van der Waals surface area contributed by atoms with Crippen molar-refractivity contribution < 1.29 is 19.1 Å². The number of para-hydroxylation sites is 1. The number of fused-ring (bicyclic) bond motifs is 2. The fourth-order valence-electron chi connectivity index (χ4n) is 4.99. The summed E-state index contributed by atoms with van der Waals surface area (Å²) >= 11 is 0. The van der Waals surface area contributed by atoms with Crippen molar-refractivity contribution >= 4 is 28.6 Å². The van der Waals surface area contributed by atoms with E-state index in [0.717, 1.165) is 44.0 Å². The van der Waals surface area contributed by atoms with Gasteiger partial charge in [-0.25, -0.2) is 5.01 Å². The molecule has 0 aliphatic carbocycles. The third-order valence-corrected chi connectivity index (χ3v) is 6.81. The Morgan fingerprint density at radius 1 is 0.917 bits per heavy atom. The van der Waals surface area contributed by atoms with E-state index >= 15 is 0 Å². The van der Waals surface area contributed by atoms with E-state index in [1.165, 1.54) is 5.01 Å². The van der Waals surface area contributed by atoms with E-state index in [2.05, 4.69) is 0 Å². The van der Waals surface area contributed by atoms with Crippen molar-refractivity contribution in [1.82, 2.24) is 19.8 Å². The maximum Gasteiger partial charge on any atom is 0.273 e. The van der Waals surface area contributed by atoms with Crippen LogP contribution >= 0.6 is 0 Å². The maximum absolute atomic E-state index is 13.1. The number of nitrogens with zero attached hydrogens (tertiary/aromatic N) is 4. The largest absolute Gasteiger partial charge is 0.497 e. The number of ether oxygens (including phenoxy) is 1. The lowest BCUT2D eigenvalue weighted by atomic mass is 10.0. The van der Waals surface area contributed by atoms with Gasteiger partial charge in [0.2, 0.25) is 11.8 Å². The molecule has 8 heteroatoms. The quantitative estimate of drug-likeness (QED) is 0.400. The third kappa shape index (κ3) is 3.62. The highest BCUT2D eigenvalue weighted by atomic mass is 16.5. The predicted octanol–water partition coefficient (Wildman–Crippen LogP) is 4.17. The van der Waals surface area contributed by atoms with E-state index < -0.39 is 0 Å². The van der Waals surface area contributed by atoms with Gasteiger partial charge in [0.15, 0.2) is 0 Å². The van der Waals surface area contributed by atoms with Crippen LogP contribution in [0, 0.1) is 0 Å². The molecule has 1 saturated heterocycles. The second kappa shape index (κ2) is 8.64. The summed E-state index contributed by atoms with van der Waals surface area (Å²) < 4.78 is 7.24. The Kier molecular flexibility index (Phi) is 5.29. The molecule has 0 N–H and O–H groups in total. The number of aromatic nitrogens is 2. The minimum atomic E-state index is -0.324. The first kappa shape index (κ1) is 22.0. The zero-order valence-corrected chi connectivity index (χ0v) is 19.8. The number of hydrogen-bond donors (Lipinski definition) is 0. The lowest BCUT2D eigenvalue weighted by molar-refractivity contribution is -0.163. The zero-order valence-electron chi connectivity index (χ0n) is 19.8. The van der Waals surface area contributed by atoms with Gasteiger partial charge in [-0.15, -0.1) is 0 Å². The fraction of sp³-hybridized carbons (Fsp3) is 0.214. The number of piperidine rings is 1. The van der Waals surface area contributed by atoms with Gasteiger partial charge in [-0.3, -0.25) is 19.1 Å². The molecular weight excluding hydrogens is 456 g/mol. The summed E-state index contributed by atoms with van der Waals surface area (Å²) in [6.45, 7) is 0.783. The van der Waals surface area contributed by atoms with Gasteiger partial charge in [0.25, 0.3) is 5.91 Å². The summed E-state index contributed by atoms with van der Waals surface area (Å²) in [5.41, 5.74) is 5.08. The van der Waals surface area contributed by atoms with E-state index in [4.69, 9.17) is 9.84 Å². The minimum absolute atomic E-state index is 0.185. The van der Waals surface area contributed by atoms with Crippen LogP contribution in [0.15, 0.2) is 66.7 Å². The summed E-state index contributed by atoms with van der Waals surface area (Å²) in [6.07, 6.45) is 1.07. The second-order valence-electron chi connectivity index (χ2n) is 9.06. The second-order valence-corrected chi connectivity index (χ2v) is 9.06. The number of rotatable bonds is 5. The standard InChI is InChI=1S/C28H24N4O4/c1-36-21-12-9-18(10-13-21)16-30-24-6-3-2-5-23(24)27(29-30)19-11-14-22-20(15-19)17-31(28(22)35)32-25(33)7-4-8-26(32)34/h2-3,5-6,9-15H,4,7-8,16-17H2,1H3. The van der Waals surface area contributed by atoms with Crippen LogP contribution in [0.5, 0.6) is 5.75 Å². The SMILES string of the molecule is COc1ccc(Cn2nc(-c3ccc4c(c3)CN(N3C(=O)CCCC3=O)C4=O)c3ccccc32)cc1. The van der Waals surface area contributed by atoms with Crippen LogP contribution in [0.1, 0.15) is 40.7 Å². The molecule has 0 saturated carbocycles. The van der Waals surface area contributed by atoms with E-state index in [9.17, 15) is 14.4 Å². The number of amides is 3. The number of hydrazine groups is 1. The molecule has 1 aromatic heterocycles. The van der Waals surface area contributed by atoms with Crippen molar-refractivity contribution in [2.24, 2.45) is 0 Å². The van der Waals surface area contributed by atoms with Crippen molar-refractivity contribution in [2.75, 3.05) is 7.11 Å². The van der Waals surface area contributed by atoms with Gasteiger partial charge in [0, 0.05) is 29.4 Å². The topological polar surface area (TPSA) is 84.7 Å². The molecule has 8 nitrogen and oxygen atoms in total.